The molecule has 21 heavy (non-hydrogen) atoms. The number of nitrogens with two attached hydrogens (primary N) is 1. The largest absolute Gasteiger partial charge is 0.503 e. The Morgan fingerprint density at radius 2 is 1.81 bits per heavy atom. The van der Waals surface area contributed by atoms with Crippen LogP contribution in [0.2, 0.25) is 0 Å². The molecule has 0 fully saturated rings. The molecule has 3 nitrogen and oxygen atoms in total. The van der Waals surface area contributed by atoms with E-state index in [-0.39, 0.29) is 29.2 Å². The van der Waals surface area contributed by atoms with Crippen molar-refractivity contribution in [2.24, 2.45) is 5.73 Å². The van der Waals surface area contributed by atoms with Gasteiger partial charge in [-0.2, -0.15) is 22.0 Å². The lowest BCUT2D eigenvalue weighted by Gasteiger charge is -2.26. The molecular formula is C11H12BrClF5NO2. The molecule has 1 aromatic carbocycles. The molecule has 0 saturated heterocycles. The van der Waals surface area contributed by atoms with E-state index in [4.69, 9.17) is 10.5 Å². The van der Waals surface area contributed by atoms with Gasteiger partial charge in [-0.25, -0.2) is 0 Å². The maximum Gasteiger partial charge on any atom is 0.455 e. The zero-order chi connectivity index (χ0) is 15.7. The molecule has 0 unspecified atom stereocenters. The number of ether oxygens (including phenoxy) is 1. The van der Waals surface area contributed by atoms with Gasteiger partial charge in [-0.1, -0.05) is 0 Å². The average Bonchev–Trinajstić information content (AvgIpc) is 2.32. The maximum atomic E-state index is 13.2. The molecule has 0 aliphatic rings. The maximum absolute atomic E-state index is 13.2. The van der Waals surface area contributed by atoms with Crippen molar-refractivity contribution in [2.75, 3.05) is 6.61 Å². The predicted octanol–water partition coefficient (Wildman–Crippen LogP) is 4.17. The van der Waals surface area contributed by atoms with Gasteiger partial charge in [0.2, 0.25) is 0 Å². The Labute approximate surface area is 131 Å². The van der Waals surface area contributed by atoms with Crippen LogP contribution < -0.4 is 10.5 Å². The quantitative estimate of drug-likeness (QED) is 0.746. The third-order valence-corrected chi connectivity index (χ3v) is 3.08. The van der Waals surface area contributed by atoms with Crippen LogP contribution in [-0.4, -0.2) is 23.8 Å². The van der Waals surface area contributed by atoms with Crippen LogP contribution in [-0.2, 0) is 0 Å². The zero-order valence-corrected chi connectivity index (χ0v) is 13.0. The number of benzene rings is 1. The summed E-state index contributed by atoms with van der Waals surface area (Å²) in [6, 6.07) is -0.866. The van der Waals surface area contributed by atoms with Crippen LogP contribution in [0.25, 0.3) is 0 Å². The van der Waals surface area contributed by atoms with Crippen LogP contribution in [0.3, 0.4) is 0 Å². The van der Waals surface area contributed by atoms with E-state index in [9.17, 15) is 27.1 Å². The monoisotopic (exact) mass is 399 g/mol. The molecule has 0 aromatic heterocycles. The first-order valence-corrected chi connectivity index (χ1v) is 6.17. The van der Waals surface area contributed by atoms with Crippen molar-refractivity contribution in [3.05, 3.63) is 22.2 Å². The van der Waals surface area contributed by atoms with Crippen molar-refractivity contribution in [2.45, 2.75) is 25.1 Å². The highest BCUT2D eigenvalue weighted by Gasteiger charge is 2.61. The van der Waals surface area contributed by atoms with E-state index in [1.807, 2.05) is 0 Å². The number of hydrogen-bond acceptors (Lipinski definition) is 3. The summed E-state index contributed by atoms with van der Waals surface area (Å²) in [5.74, 6) is -5.74. The lowest BCUT2D eigenvalue weighted by molar-refractivity contribution is -0.291. The number of rotatable bonds is 4. The van der Waals surface area contributed by atoms with Crippen molar-refractivity contribution in [3.8, 4) is 11.5 Å². The third kappa shape index (κ3) is 4.10. The fourth-order valence-corrected chi connectivity index (χ4v) is 1.88. The number of hydrogen-bond donors (Lipinski definition) is 2. The Balaban J connectivity index is 0.00000400. The van der Waals surface area contributed by atoms with Crippen molar-refractivity contribution in [1.29, 1.82) is 0 Å². The van der Waals surface area contributed by atoms with Crippen molar-refractivity contribution in [3.63, 3.8) is 0 Å². The zero-order valence-electron chi connectivity index (χ0n) is 10.5. The second-order valence-electron chi connectivity index (χ2n) is 3.88. The second-order valence-corrected chi connectivity index (χ2v) is 4.74. The van der Waals surface area contributed by atoms with Gasteiger partial charge in [0.1, 0.15) is 6.04 Å². The number of alkyl halides is 5. The second kappa shape index (κ2) is 6.97. The first-order valence-electron chi connectivity index (χ1n) is 5.37. The van der Waals surface area contributed by atoms with Crippen molar-refractivity contribution >= 4 is 28.3 Å². The molecule has 0 amide bonds. The van der Waals surface area contributed by atoms with E-state index >= 15 is 0 Å². The summed E-state index contributed by atoms with van der Waals surface area (Å²) >= 11 is 2.84. The Kier molecular flexibility index (Phi) is 6.71. The van der Waals surface area contributed by atoms with E-state index in [0.717, 1.165) is 12.1 Å². The Hall–Kier alpha value is -0.800. The van der Waals surface area contributed by atoms with Crippen LogP contribution in [0.1, 0.15) is 18.5 Å². The Bertz CT molecular complexity index is 498. The summed E-state index contributed by atoms with van der Waals surface area (Å²) in [5.41, 5.74) is 4.50. The molecule has 0 heterocycles. The molecule has 0 spiro atoms. The normalized spacial score (nSPS) is 13.5. The minimum atomic E-state index is -5.78. The number of phenols is 1. The summed E-state index contributed by atoms with van der Waals surface area (Å²) in [6.45, 7) is 1.65. The first kappa shape index (κ1) is 20.2. The molecule has 0 saturated carbocycles. The molecule has 10 heteroatoms. The molecule has 3 N–H and O–H groups in total. The average molecular weight is 401 g/mol. The summed E-state index contributed by atoms with van der Waals surface area (Å²) in [5, 5.41) is 9.58. The number of halogens is 7. The van der Waals surface area contributed by atoms with E-state index in [2.05, 4.69) is 15.9 Å². The molecule has 1 atom stereocenters. The molecule has 1 rings (SSSR count). The fourth-order valence-electron chi connectivity index (χ4n) is 1.42. The van der Waals surface area contributed by atoms with Gasteiger partial charge in [0.05, 0.1) is 11.1 Å². The van der Waals surface area contributed by atoms with Gasteiger partial charge in [0.15, 0.2) is 11.5 Å². The van der Waals surface area contributed by atoms with Gasteiger partial charge in [-0.15, -0.1) is 12.4 Å². The lowest BCUT2D eigenvalue weighted by Crippen LogP contribution is -2.45. The molecule has 0 radical (unpaired) electrons. The SMILES string of the molecule is CCOc1cc([C@H](N)C(F)(F)C(F)(F)F)cc(Br)c1O.Cl. The van der Waals surface area contributed by atoms with Crippen molar-refractivity contribution in [1.82, 2.24) is 0 Å². The van der Waals surface area contributed by atoms with Crippen molar-refractivity contribution < 1.29 is 31.8 Å². The topological polar surface area (TPSA) is 55.5 Å². The van der Waals surface area contributed by atoms with E-state index < -0.39 is 29.5 Å². The van der Waals surface area contributed by atoms with Gasteiger partial charge < -0.3 is 15.6 Å². The van der Waals surface area contributed by atoms with E-state index in [1.54, 1.807) is 6.92 Å². The van der Waals surface area contributed by atoms with E-state index in [1.165, 1.54) is 0 Å². The van der Waals surface area contributed by atoms with Crippen LogP contribution in [0, 0.1) is 0 Å². The highest BCUT2D eigenvalue weighted by molar-refractivity contribution is 9.10. The standard InChI is InChI=1S/C11H11BrF5NO2.ClH/c1-2-20-7-4-5(3-6(12)8(7)19)9(18)10(13,14)11(15,16)17;/h3-4,9,19H,2,18H2,1H3;1H/t9-;/m0./s1. The Morgan fingerprint density at radius 1 is 1.29 bits per heavy atom. The van der Waals surface area contributed by atoms with E-state index in [0.29, 0.717) is 0 Å². The summed E-state index contributed by atoms with van der Waals surface area (Å²) < 4.78 is 68.1. The fraction of sp³-hybridized carbons (Fsp3) is 0.455. The molecule has 122 valence electrons. The van der Waals surface area contributed by atoms with Crippen LogP contribution in [0.5, 0.6) is 11.5 Å². The highest BCUT2D eigenvalue weighted by Crippen LogP contribution is 2.45. The lowest BCUT2D eigenvalue weighted by atomic mass is 10.0. The minimum absolute atomic E-state index is 0. The molecule has 1 aromatic rings. The van der Waals surface area contributed by atoms with Crippen LogP contribution in [0.4, 0.5) is 22.0 Å². The van der Waals surface area contributed by atoms with Gasteiger partial charge in [0, 0.05) is 0 Å². The minimum Gasteiger partial charge on any atom is -0.503 e. The van der Waals surface area contributed by atoms with Crippen LogP contribution in [0.15, 0.2) is 16.6 Å². The van der Waals surface area contributed by atoms with Crippen LogP contribution >= 0.6 is 28.3 Å². The Morgan fingerprint density at radius 3 is 2.24 bits per heavy atom. The third-order valence-electron chi connectivity index (χ3n) is 2.48. The molecule has 0 bridgehead atoms. The van der Waals surface area contributed by atoms with Gasteiger partial charge in [0.25, 0.3) is 0 Å². The number of phenolic OH excluding ortho intramolecular Hbond substituents is 1. The van der Waals surface area contributed by atoms with Gasteiger partial charge >= 0.3 is 12.1 Å². The predicted molar refractivity (Wildman–Crippen MR) is 72.2 cm³/mol. The molecular weight excluding hydrogens is 388 g/mol. The summed E-state index contributed by atoms with van der Waals surface area (Å²) in [7, 11) is 0. The smallest absolute Gasteiger partial charge is 0.455 e. The van der Waals surface area contributed by atoms with Gasteiger partial charge in [-0.3, -0.25) is 0 Å². The van der Waals surface area contributed by atoms with Gasteiger partial charge in [-0.05, 0) is 40.5 Å². The first-order chi connectivity index (χ1) is 9.02. The summed E-state index contributed by atoms with van der Waals surface area (Å²) in [4.78, 5) is 0. The summed E-state index contributed by atoms with van der Waals surface area (Å²) in [6.07, 6.45) is -5.78. The number of aromatic hydroxyl groups is 1. The molecule has 0 aliphatic heterocycles. The molecule has 0 aliphatic carbocycles. The highest BCUT2D eigenvalue weighted by atomic mass is 79.9.